The van der Waals surface area contributed by atoms with Gasteiger partial charge in [-0.2, -0.15) is 0 Å². The Kier molecular flexibility index (Phi) is 3.85. The van der Waals surface area contributed by atoms with Crippen LogP contribution in [0.3, 0.4) is 0 Å². The SMILES string of the molecule is CCNCc1cccc2ccn(COCC3CC3)c12. The Morgan fingerprint density at radius 1 is 1.32 bits per heavy atom. The Morgan fingerprint density at radius 2 is 2.21 bits per heavy atom. The van der Waals surface area contributed by atoms with Crippen molar-refractivity contribution in [2.75, 3.05) is 13.2 Å². The molecular formula is C16H22N2O. The molecule has 0 radical (unpaired) electrons. The predicted octanol–water partition coefficient (Wildman–Crippen LogP) is 3.13. The number of hydrogen-bond donors (Lipinski definition) is 1. The number of aromatic nitrogens is 1. The molecule has 0 amide bonds. The van der Waals surface area contributed by atoms with Gasteiger partial charge in [0.15, 0.2) is 0 Å². The van der Waals surface area contributed by atoms with Gasteiger partial charge in [0, 0.05) is 12.7 Å². The van der Waals surface area contributed by atoms with Crippen LogP contribution in [0.25, 0.3) is 10.9 Å². The molecule has 0 spiro atoms. The second-order valence-corrected chi connectivity index (χ2v) is 5.36. The van der Waals surface area contributed by atoms with E-state index in [0.717, 1.165) is 25.6 Å². The summed E-state index contributed by atoms with van der Waals surface area (Å²) in [5.74, 6) is 0.822. The van der Waals surface area contributed by atoms with Crippen LogP contribution in [0, 0.1) is 5.92 Å². The molecule has 1 aliphatic rings. The molecule has 1 aromatic heterocycles. The lowest BCUT2D eigenvalue weighted by Gasteiger charge is -2.10. The van der Waals surface area contributed by atoms with Crippen LogP contribution in [0.2, 0.25) is 0 Å². The van der Waals surface area contributed by atoms with Crippen molar-refractivity contribution in [3.05, 3.63) is 36.0 Å². The van der Waals surface area contributed by atoms with Crippen molar-refractivity contribution in [1.82, 2.24) is 9.88 Å². The summed E-state index contributed by atoms with van der Waals surface area (Å²) >= 11 is 0. The molecule has 3 heteroatoms. The lowest BCUT2D eigenvalue weighted by atomic mass is 10.1. The topological polar surface area (TPSA) is 26.2 Å². The van der Waals surface area contributed by atoms with E-state index in [1.807, 2.05) is 0 Å². The number of rotatable bonds is 7. The highest BCUT2D eigenvalue weighted by molar-refractivity contribution is 5.83. The standard InChI is InChI=1S/C16H22N2O/c1-2-17-10-15-5-3-4-14-8-9-18(16(14)15)12-19-11-13-6-7-13/h3-5,8-9,13,17H,2,6-7,10-12H2,1H3. The Balaban J connectivity index is 1.77. The van der Waals surface area contributed by atoms with Crippen molar-refractivity contribution < 1.29 is 4.74 Å². The van der Waals surface area contributed by atoms with Crippen LogP contribution < -0.4 is 5.32 Å². The molecule has 2 aromatic rings. The normalized spacial score (nSPS) is 15.2. The van der Waals surface area contributed by atoms with Crippen LogP contribution in [-0.2, 0) is 18.0 Å². The van der Waals surface area contributed by atoms with Crippen molar-refractivity contribution in [2.24, 2.45) is 5.92 Å². The van der Waals surface area contributed by atoms with E-state index < -0.39 is 0 Å². The van der Waals surface area contributed by atoms with E-state index in [1.165, 1.54) is 29.3 Å². The minimum Gasteiger partial charge on any atom is -0.360 e. The van der Waals surface area contributed by atoms with Crippen molar-refractivity contribution >= 4 is 10.9 Å². The van der Waals surface area contributed by atoms with Gasteiger partial charge in [-0.25, -0.2) is 0 Å². The van der Waals surface area contributed by atoms with Crippen LogP contribution in [0.1, 0.15) is 25.3 Å². The maximum atomic E-state index is 5.81. The number of fused-ring (bicyclic) bond motifs is 1. The first-order valence-corrected chi connectivity index (χ1v) is 7.23. The average Bonchev–Trinajstić information content (AvgIpc) is 3.16. The van der Waals surface area contributed by atoms with E-state index >= 15 is 0 Å². The number of nitrogens with zero attached hydrogens (tertiary/aromatic N) is 1. The van der Waals surface area contributed by atoms with Crippen LogP contribution in [-0.4, -0.2) is 17.7 Å². The van der Waals surface area contributed by atoms with E-state index in [0.29, 0.717) is 6.73 Å². The third kappa shape index (κ3) is 2.99. The van der Waals surface area contributed by atoms with Crippen molar-refractivity contribution in [2.45, 2.75) is 33.0 Å². The van der Waals surface area contributed by atoms with Gasteiger partial charge in [0.25, 0.3) is 0 Å². The zero-order valence-corrected chi connectivity index (χ0v) is 11.6. The molecule has 1 fully saturated rings. The molecule has 1 saturated carbocycles. The van der Waals surface area contributed by atoms with E-state index in [4.69, 9.17) is 4.74 Å². The number of hydrogen-bond acceptors (Lipinski definition) is 2. The van der Waals surface area contributed by atoms with E-state index in [9.17, 15) is 0 Å². The Bertz CT molecular complexity index is 543. The summed E-state index contributed by atoms with van der Waals surface area (Å²) < 4.78 is 8.04. The van der Waals surface area contributed by atoms with Crippen LogP contribution >= 0.6 is 0 Å². The number of para-hydroxylation sites is 1. The number of benzene rings is 1. The Morgan fingerprint density at radius 3 is 3.00 bits per heavy atom. The summed E-state index contributed by atoms with van der Waals surface area (Å²) in [4.78, 5) is 0. The zero-order chi connectivity index (χ0) is 13.1. The van der Waals surface area contributed by atoms with Crippen LogP contribution in [0.4, 0.5) is 0 Å². The molecule has 3 rings (SSSR count). The van der Waals surface area contributed by atoms with Crippen LogP contribution in [0.15, 0.2) is 30.5 Å². The van der Waals surface area contributed by atoms with Crippen molar-refractivity contribution in [1.29, 1.82) is 0 Å². The third-order valence-electron chi connectivity index (χ3n) is 3.72. The molecule has 1 aromatic carbocycles. The fourth-order valence-electron chi connectivity index (χ4n) is 2.45. The van der Waals surface area contributed by atoms with Gasteiger partial charge in [0.05, 0.1) is 12.1 Å². The Hall–Kier alpha value is -1.32. The minimum atomic E-state index is 0.670. The molecule has 0 bridgehead atoms. The highest BCUT2D eigenvalue weighted by Gasteiger charge is 2.21. The van der Waals surface area contributed by atoms with Gasteiger partial charge in [-0.3, -0.25) is 0 Å². The highest BCUT2D eigenvalue weighted by Crippen LogP contribution is 2.29. The van der Waals surface area contributed by atoms with Crippen LogP contribution in [0.5, 0.6) is 0 Å². The molecule has 0 saturated heterocycles. The fraction of sp³-hybridized carbons (Fsp3) is 0.500. The lowest BCUT2D eigenvalue weighted by molar-refractivity contribution is 0.0717. The molecule has 0 aliphatic heterocycles. The molecule has 102 valence electrons. The maximum Gasteiger partial charge on any atom is 0.122 e. The summed E-state index contributed by atoms with van der Waals surface area (Å²) in [7, 11) is 0. The quantitative estimate of drug-likeness (QED) is 0.825. The van der Waals surface area contributed by atoms with Gasteiger partial charge in [-0.05, 0) is 42.3 Å². The molecule has 0 atom stereocenters. The van der Waals surface area contributed by atoms with E-state index in [2.05, 4.69) is 47.3 Å². The van der Waals surface area contributed by atoms with Gasteiger partial charge >= 0.3 is 0 Å². The monoisotopic (exact) mass is 258 g/mol. The first-order chi connectivity index (χ1) is 9.38. The third-order valence-corrected chi connectivity index (χ3v) is 3.72. The summed E-state index contributed by atoms with van der Waals surface area (Å²) in [5.41, 5.74) is 2.65. The van der Waals surface area contributed by atoms with Gasteiger partial charge in [-0.1, -0.05) is 25.1 Å². The molecule has 1 N–H and O–H groups in total. The molecular weight excluding hydrogens is 236 g/mol. The van der Waals surface area contributed by atoms with Gasteiger partial charge in [0.2, 0.25) is 0 Å². The van der Waals surface area contributed by atoms with Gasteiger partial charge < -0.3 is 14.6 Å². The molecule has 1 aliphatic carbocycles. The highest BCUT2D eigenvalue weighted by atomic mass is 16.5. The van der Waals surface area contributed by atoms with Crippen molar-refractivity contribution in [3.8, 4) is 0 Å². The van der Waals surface area contributed by atoms with E-state index in [1.54, 1.807) is 0 Å². The number of nitrogens with one attached hydrogen (secondary N) is 1. The first-order valence-electron chi connectivity index (χ1n) is 7.23. The second-order valence-electron chi connectivity index (χ2n) is 5.36. The average molecular weight is 258 g/mol. The smallest absolute Gasteiger partial charge is 0.122 e. The lowest BCUT2D eigenvalue weighted by Crippen LogP contribution is -2.13. The Labute approximate surface area is 114 Å². The van der Waals surface area contributed by atoms with Gasteiger partial charge in [-0.15, -0.1) is 0 Å². The maximum absolute atomic E-state index is 5.81. The predicted molar refractivity (Wildman–Crippen MR) is 78.0 cm³/mol. The minimum absolute atomic E-state index is 0.670. The molecule has 19 heavy (non-hydrogen) atoms. The zero-order valence-electron chi connectivity index (χ0n) is 11.6. The molecule has 0 unspecified atom stereocenters. The summed E-state index contributed by atoms with van der Waals surface area (Å²) in [6, 6.07) is 8.67. The fourth-order valence-corrected chi connectivity index (χ4v) is 2.45. The molecule has 1 heterocycles. The first kappa shape index (κ1) is 12.7. The van der Waals surface area contributed by atoms with Crippen molar-refractivity contribution in [3.63, 3.8) is 0 Å². The van der Waals surface area contributed by atoms with E-state index in [-0.39, 0.29) is 0 Å². The number of ether oxygens (including phenoxy) is 1. The second kappa shape index (κ2) is 5.76. The summed E-state index contributed by atoms with van der Waals surface area (Å²) in [5, 5.41) is 4.70. The largest absolute Gasteiger partial charge is 0.360 e. The molecule has 3 nitrogen and oxygen atoms in total. The summed E-state index contributed by atoms with van der Waals surface area (Å²) in [6.07, 6.45) is 4.82. The van der Waals surface area contributed by atoms with Gasteiger partial charge in [0.1, 0.15) is 6.73 Å². The summed E-state index contributed by atoms with van der Waals surface area (Å²) in [6.45, 7) is 5.63.